The van der Waals surface area contributed by atoms with Gasteiger partial charge in [-0.05, 0) is 44.2 Å². The molecular formula is C18H20N8O. The number of aromatic nitrogens is 7. The summed E-state index contributed by atoms with van der Waals surface area (Å²) >= 11 is 0. The summed E-state index contributed by atoms with van der Waals surface area (Å²) in [5, 5.41) is 20.5. The monoisotopic (exact) mass is 364 g/mol. The number of benzene rings is 1. The molecule has 3 heterocycles. The molecule has 0 saturated carbocycles. The minimum Gasteiger partial charge on any atom is -0.497 e. The number of hydrogen-bond acceptors (Lipinski definition) is 7. The summed E-state index contributed by atoms with van der Waals surface area (Å²) in [4.78, 5) is 4.37. The molecular weight excluding hydrogens is 344 g/mol. The van der Waals surface area contributed by atoms with Crippen LogP contribution in [0, 0.1) is 0 Å². The van der Waals surface area contributed by atoms with Crippen molar-refractivity contribution in [3.63, 3.8) is 0 Å². The van der Waals surface area contributed by atoms with Gasteiger partial charge in [0.05, 0.1) is 24.5 Å². The Hall–Kier alpha value is -3.49. The van der Waals surface area contributed by atoms with Gasteiger partial charge in [-0.3, -0.25) is 0 Å². The smallest absolute Gasteiger partial charge is 0.200 e. The summed E-state index contributed by atoms with van der Waals surface area (Å²) in [5.41, 5.74) is 3.25. The molecule has 9 nitrogen and oxygen atoms in total. The van der Waals surface area contributed by atoms with E-state index in [-0.39, 0.29) is 6.04 Å². The highest BCUT2D eigenvalue weighted by molar-refractivity contribution is 5.73. The van der Waals surface area contributed by atoms with Crippen molar-refractivity contribution >= 4 is 11.3 Å². The number of rotatable bonds is 6. The quantitative estimate of drug-likeness (QED) is 0.562. The molecule has 1 unspecified atom stereocenters. The van der Waals surface area contributed by atoms with E-state index in [2.05, 4.69) is 30.7 Å². The van der Waals surface area contributed by atoms with Crippen LogP contribution in [0.3, 0.4) is 0 Å². The van der Waals surface area contributed by atoms with Gasteiger partial charge in [0.2, 0.25) is 5.65 Å². The Morgan fingerprint density at radius 1 is 1.22 bits per heavy atom. The van der Waals surface area contributed by atoms with E-state index in [1.54, 1.807) is 24.3 Å². The molecule has 0 amide bonds. The maximum atomic E-state index is 5.23. The lowest BCUT2D eigenvalue weighted by Crippen LogP contribution is -2.15. The van der Waals surface area contributed by atoms with E-state index >= 15 is 0 Å². The molecule has 0 bridgehead atoms. The average Bonchev–Trinajstić information content (AvgIpc) is 3.37. The van der Waals surface area contributed by atoms with Gasteiger partial charge in [0.25, 0.3) is 0 Å². The van der Waals surface area contributed by atoms with Crippen LogP contribution in [0.2, 0.25) is 0 Å². The number of methoxy groups -OCH3 is 1. The van der Waals surface area contributed by atoms with Gasteiger partial charge in [0.15, 0.2) is 0 Å². The van der Waals surface area contributed by atoms with Crippen molar-refractivity contribution in [3.05, 3.63) is 48.8 Å². The molecule has 1 N–H and O–H groups in total. The molecule has 27 heavy (non-hydrogen) atoms. The molecule has 9 heteroatoms. The number of anilines is 1. The molecule has 0 spiro atoms. The minimum absolute atomic E-state index is 0.0564. The van der Waals surface area contributed by atoms with Gasteiger partial charge in [0, 0.05) is 12.1 Å². The Bertz CT molecular complexity index is 1050. The van der Waals surface area contributed by atoms with Crippen molar-refractivity contribution in [1.29, 1.82) is 0 Å². The molecule has 4 aromatic rings. The second kappa shape index (κ2) is 7.02. The zero-order valence-corrected chi connectivity index (χ0v) is 15.4. The van der Waals surface area contributed by atoms with E-state index in [4.69, 9.17) is 4.74 Å². The summed E-state index contributed by atoms with van der Waals surface area (Å²) in [6, 6.07) is 9.67. The summed E-state index contributed by atoms with van der Waals surface area (Å²) < 4.78 is 8.76. The summed E-state index contributed by atoms with van der Waals surface area (Å²) in [6.45, 7) is 4.83. The van der Waals surface area contributed by atoms with Crippen LogP contribution in [0.1, 0.15) is 25.7 Å². The second-order valence-electron chi connectivity index (χ2n) is 6.07. The summed E-state index contributed by atoms with van der Waals surface area (Å²) in [5.74, 6) is 1.66. The second-order valence-corrected chi connectivity index (χ2v) is 6.07. The van der Waals surface area contributed by atoms with E-state index in [0.29, 0.717) is 5.65 Å². The molecule has 1 aromatic carbocycles. The Morgan fingerprint density at radius 2 is 2.04 bits per heavy atom. The molecule has 1 atom stereocenters. The first kappa shape index (κ1) is 17.0. The van der Waals surface area contributed by atoms with Crippen LogP contribution in [-0.2, 0) is 6.54 Å². The highest BCUT2D eigenvalue weighted by Gasteiger charge is 2.16. The minimum atomic E-state index is -0.0564. The van der Waals surface area contributed by atoms with Gasteiger partial charge in [0.1, 0.15) is 24.2 Å². The highest BCUT2D eigenvalue weighted by Crippen LogP contribution is 2.27. The zero-order chi connectivity index (χ0) is 18.8. The SMILES string of the molecule is CCn1ncnc1C(C)Nc1cc(-c2ccc(OC)cc2)nn2cnnc12. The fourth-order valence-electron chi connectivity index (χ4n) is 2.99. The fourth-order valence-corrected chi connectivity index (χ4v) is 2.99. The van der Waals surface area contributed by atoms with Crippen molar-refractivity contribution < 1.29 is 4.74 Å². The topological polar surface area (TPSA) is 95.0 Å². The maximum absolute atomic E-state index is 5.23. The van der Waals surface area contributed by atoms with Gasteiger partial charge >= 0.3 is 0 Å². The maximum Gasteiger partial charge on any atom is 0.200 e. The van der Waals surface area contributed by atoms with Gasteiger partial charge in [-0.1, -0.05) is 0 Å². The number of hydrogen-bond donors (Lipinski definition) is 1. The normalized spacial score (nSPS) is 12.3. The van der Waals surface area contributed by atoms with Crippen LogP contribution < -0.4 is 10.1 Å². The number of nitrogens with one attached hydrogen (secondary N) is 1. The van der Waals surface area contributed by atoms with E-state index in [1.807, 2.05) is 48.9 Å². The van der Waals surface area contributed by atoms with Crippen LogP contribution in [-0.4, -0.2) is 41.7 Å². The molecule has 0 aliphatic heterocycles. The number of ether oxygens (including phenoxy) is 1. The molecule has 138 valence electrons. The summed E-state index contributed by atoms with van der Waals surface area (Å²) in [7, 11) is 1.65. The van der Waals surface area contributed by atoms with Gasteiger partial charge in [-0.2, -0.15) is 14.7 Å². The molecule has 0 radical (unpaired) electrons. The first-order valence-corrected chi connectivity index (χ1v) is 8.69. The number of fused-ring (bicyclic) bond motifs is 1. The van der Waals surface area contributed by atoms with Crippen molar-refractivity contribution in [3.8, 4) is 17.0 Å². The summed E-state index contributed by atoms with van der Waals surface area (Å²) in [6.07, 6.45) is 3.16. The van der Waals surface area contributed by atoms with Crippen molar-refractivity contribution in [1.82, 2.24) is 34.6 Å². The van der Waals surface area contributed by atoms with Gasteiger partial charge in [-0.15, -0.1) is 10.2 Å². The van der Waals surface area contributed by atoms with Crippen molar-refractivity contribution in [2.45, 2.75) is 26.4 Å². The lowest BCUT2D eigenvalue weighted by atomic mass is 10.1. The predicted octanol–water partition coefficient (Wildman–Crippen LogP) is 2.58. The molecule has 0 aliphatic carbocycles. The third kappa shape index (κ3) is 3.19. The fraction of sp³-hybridized carbons (Fsp3) is 0.278. The van der Waals surface area contributed by atoms with Gasteiger partial charge in [-0.25, -0.2) is 9.67 Å². The lowest BCUT2D eigenvalue weighted by molar-refractivity contribution is 0.415. The predicted molar refractivity (Wildman–Crippen MR) is 101 cm³/mol. The van der Waals surface area contributed by atoms with Crippen LogP contribution in [0.25, 0.3) is 16.9 Å². The first-order valence-electron chi connectivity index (χ1n) is 8.69. The van der Waals surface area contributed by atoms with Crippen LogP contribution in [0.4, 0.5) is 5.69 Å². The lowest BCUT2D eigenvalue weighted by Gasteiger charge is -2.16. The number of aryl methyl sites for hydroxylation is 1. The highest BCUT2D eigenvalue weighted by atomic mass is 16.5. The third-order valence-corrected chi connectivity index (χ3v) is 4.36. The standard InChI is InChI=1S/C18H20N8O/c1-4-25-17(19-10-21-25)12(2)22-16-9-15(24-26-11-20-23-18(16)26)13-5-7-14(27-3)8-6-13/h5-12,22H,4H2,1-3H3. The Balaban J connectivity index is 1.72. The molecule has 4 rings (SSSR count). The largest absolute Gasteiger partial charge is 0.497 e. The molecule has 3 aromatic heterocycles. The first-order chi connectivity index (χ1) is 13.2. The molecule has 0 fully saturated rings. The van der Waals surface area contributed by atoms with Crippen LogP contribution in [0.15, 0.2) is 43.0 Å². The molecule has 0 aliphatic rings. The van der Waals surface area contributed by atoms with Crippen LogP contribution in [0.5, 0.6) is 5.75 Å². The Morgan fingerprint density at radius 3 is 2.78 bits per heavy atom. The van der Waals surface area contributed by atoms with Crippen molar-refractivity contribution in [2.24, 2.45) is 0 Å². The number of nitrogens with zero attached hydrogens (tertiary/aromatic N) is 7. The van der Waals surface area contributed by atoms with E-state index in [1.165, 1.54) is 0 Å². The Kier molecular flexibility index (Phi) is 4.41. The van der Waals surface area contributed by atoms with E-state index in [0.717, 1.165) is 35.1 Å². The van der Waals surface area contributed by atoms with Gasteiger partial charge < -0.3 is 10.1 Å². The van der Waals surface area contributed by atoms with Crippen LogP contribution >= 0.6 is 0 Å². The van der Waals surface area contributed by atoms with Crippen molar-refractivity contribution in [2.75, 3.05) is 12.4 Å². The average molecular weight is 364 g/mol. The molecule has 0 saturated heterocycles. The zero-order valence-electron chi connectivity index (χ0n) is 15.4. The third-order valence-electron chi connectivity index (χ3n) is 4.36. The Labute approximate surface area is 156 Å². The van der Waals surface area contributed by atoms with E-state index in [9.17, 15) is 0 Å². The van der Waals surface area contributed by atoms with E-state index < -0.39 is 0 Å².